The summed E-state index contributed by atoms with van der Waals surface area (Å²) in [5.74, 6) is 0.551. The van der Waals surface area contributed by atoms with E-state index in [2.05, 4.69) is 37.5 Å². The molecule has 2 aromatic heterocycles. The Bertz CT molecular complexity index is 1280. The van der Waals surface area contributed by atoms with Gasteiger partial charge in [0.05, 0.1) is 28.5 Å². The lowest BCUT2D eigenvalue weighted by molar-refractivity contribution is -0.123. The third-order valence-corrected chi connectivity index (χ3v) is 9.06. The van der Waals surface area contributed by atoms with Crippen LogP contribution < -0.4 is 10.2 Å². The topological polar surface area (TPSA) is 76.5 Å². The fraction of sp³-hybridized carbons (Fsp3) is 0.444. The summed E-state index contributed by atoms with van der Waals surface area (Å²) in [6.07, 6.45) is 1.97. The fourth-order valence-corrected chi connectivity index (χ4v) is 7.12. The van der Waals surface area contributed by atoms with Crippen LogP contribution in [-0.4, -0.2) is 53.1 Å². The average Bonchev–Trinajstić information content (AvgIpc) is 3.61. The molecule has 2 aliphatic heterocycles. The number of rotatable bonds is 6. The van der Waals surface area contributed by atoms with Crippen molar-refractivity contribution in [1.29, 1.82) is 0 Å². The maximum absolute atomic E-state index is 13.6. The van der Waals surface area contributed by atoms with Crippen molar-refractivity contribution in [2.75, 3.05) is 30.3 Å². The van der Waals surface area contributed by atoms with E-state index in [0.717, 1.165) is 41.3 Å². The van der Waals surface area contributed by atoms with Crippen LogP contribution in [0.5, 0.6) is 0 Å². The molecular formula is C27H31ClN4O3S2. The quantitative estimate of drug-likeness (QED) is 0.441. The molecule has 3 aromatic rings. The van der Waals surface area contributed by atoms with Crippen LogP contribution in [0.15, 0.2) is 41.8 Å². The second-order valence-corrected chi connectivity index (χ2v) is 12.9. The van der Waals surface area contributed by atoms with E-state index in [1.54, 1.807) is 32.7 Å². The van der Waals surface area contributed by atoms with Crippen LogP contribution in [0.25, 0.3) is 5.69 Å². The number of hydrogen-bond donors (Lipinski definition) is 1. The summed E-state index contributed by atoms with van der Waals surface area (Å²) in [7, 11) is 0. The predicted molar refractivity (Wildman–Crippen MR) is 150 cm³/mol. The van der Waals surface area contributed by atoms with Gasteiger partial charge in [-0.1, -0.05) is 44.5 Å². The molecule has 0 spiro atoms. The Morgan fingerprint density at radius 1 is 1.27 bits per heavy atom. The van der Waals surface area contributed by atoms with E-state index in [1.807, 2.05) is 30.3 Å². The second kappa shape index (κ2) is 10.8. The first-order valence-electron chi connectivity index (χ1n) is 12.5. The zero-order valence-electron chi connectivity index (χ0n) is 21.2. The molecule has 2 amide bonds. The third kappa shape index (κ3) is 5.60. The van der Waals surface area contributed by atoms with Gasteiger partial charge < -0.3 is 10.1 Å². The molecule has 1 N–H and O–H groups in total. The highest BCUT2D eigenvalue weighted by atomic mass is 35.5. The van der Waals surface area contributed by atoms with E-state index in [1.165, 1.54) is 0 Å². The molecule has 196 valence electrons. The van der Waals surface area contributed by atoms with Crippen molar-refractivity contribution in [3.05, 3.63) is 62.9 Å². The van der Waals surface area contributed by atoms with E-state index < -0.39 is 0 Å². The van der Waals surface area contributed by atoms with Crippen LogP contribution in [-0.2, 0) is 19.7 Å². The monoisotopic (exact) mass is 558 g/mol. The number of ether oxygens (including phenoxy) is 1. The zero-order valence-corrected chi connectivity index (χ0v) is 23.6. The molecule has 0 unspecified atom stereocenters. The molecule has 1 saturated heterocycles. The van der Waals surface area contributed by atoms with Gasteiger partial charge in [0.1, 0.15) is 12.4 Å². The Morgan fingerprint density at radius 2 is 2.11 bits per heavy atom. The molecule has 4 heterocycles. The minimum absolute atomic E-state index is 0.0302. The number of halogens is 1. The zero-order chi connectivity index (χ0) is 26.2. The normalized spacial score (nSPS) is 20.1. The first kappa shape index (κ1) is 26.3. The average molecular weight is 559 g/mol. The smallest absolute Gasteiger partial charge is 0.240 e. The highest BCUT2D eigenvalue weighted by Gasteiger charge is 2.40. The standard InChI is InChI=1S/C27H31ClN4O3S2/c1-27(2,3)25-23-24(20-10-6-12-36-20)37-16-22(34)31(15-21(33)29-14-19-9-5-11-35-19)26(23)32(30-25)18-8-4-7-17(28)13-18/h4,6-8,10,12-13,19,24H,5,9,11,14-16H2,1-3H3,(H,29,33)/t19-,24-/m1/s1. The molecule has 2 atom stereocenters. The summed E-state index contributed by atoms with van der Waals surface area (Å²) in [6.45, 7) is 7.45. The van der Waals surface area contributed by atoms with Gasteiger partial charge in [-0.3, -0.25) is 14.5 Å². The number of hydrogen-bond acceptors (Lipinski definition) is 6. The van der Waals surface area contributed by atoms with Crippen LogP contribution in [0.1, 0.15) is 55.0 Å². The summed E-state index contributed by atoms with van der Waals surface area (Å²) in [4.78, 5) is 29.5. The highest BCUT2D eigenvalue weighted by molar-refractivity contribution is 8.00. The first-order valence-corrected chi connectivity index (χ1v) is 14.8. The SMILES string of the molecule is CC(C)(C)c1nn(-c2cccc(Cl)c2)c2c1[C@@H](c1cccs1)SCC(=O)N2CC(=O)NC[C@H]1CCCO1. The van der Waals surface area contributed by atoms with Crippen molar-refractivity contribution < 1.29 is 14.3 Å². The summed E-state index contributed by atoms with van der Waals surface area (Å²) in [6, 6.07) is 11.6. The largest absolute Gasteiger partial charge is 0.376 e. The van der Waals surface area contributed by atoms with Gasteiger partial charge in [-0.25, -0.2) is 4.68 Å². The Labute approximate surface area is 230 Å². The van der Waals surface area contributed by atoms with E-state index in [-0.39, 0.29) is 40.9 Å². The minimum atomic E-state index is -0.300. The van der Waals surface area contributed by atoms with Gasteiger partial charge >= 0.3 is 0 Å². The predicted octanol–water partition coefficient (Wildman–Crippen LogP) is 5.35. The summed E-state index contributed by atoms with van der Waals surface area (Å²) < 4.78 is 7.44. The molecule has 37 heavy (non-hydrogen) atoms. The number of aromatic nitrogens is 2. The molecule has 1 aromatic carbocycles. The molecule has 5 rings (SSSR count). The van der Waals surface area contributed by atoms with Crippen LogP contribution in [0, 0.1) is 0 Å². The number of thioether (sulfide) groups is 1. The van der Waals surface area contributed by atoms with Gasteiger partial charge in [0.15, 0.2) is 0 Å². The van der Waals surface area contributed by atoms with Crippen molar-refractivity contribution in [2.24, 2.45) is 0 Å². The summed E-state index contributed by atoms with van der Waals surface area (Å²) in [5, 5.41) is 10.6. The molecule has 0 saturated carbocycles. The minimum Gasteiger partial charge on any atom is -0.376 e. The summed E-state index contributed by atoms with van der Waals surface area (Å²) in [5.41, 5.74) is 2.31. The Hall–Kier alpha value is -2.33. The number of fused-ring (bicyclic) bond motifs is 1. The lowest BCUT2D eigenvalue weighted by atomic mass is 9.88. The maximum Gasteiger partial charge on any atom is 0.240 e. The second-order valence-electron chi connectivity index (χ2n) is 10.4. The summed E-state index contributed by atoms with van der Waals surface area (Å²) >= 11 is 9.62. The maximum atomic E-state index is 13.6. The van der Waals surface area contributed by atoms with Crippen molar-refractivity contribution in [3.63, 3.8) is 0 Å². The molecule has 10 heteroatoms. The van der Waals surface area contributed by atoms with Crippen LogP contribution in [0.4, 0.5) is 5.82 Å². The Kier molecular flexibility index (Phi) is 7.68. The fourth-order valence-electron chi connectivity index (χ4n) is 4.76. The van der Waals surface area contributed by atoms with E-state index in [9.17, 15) is 9.59 Å². The number of benzene rings is 1. The molecule has 0 radical (unpaired) electrons. The van der Waals surface area contributed by atoms with Crippen LogP contribution in [0.2, 0.25) is 5.02 Å². The number of carbonyl (C=O) groups is 2. The number of nitrogens with zero attached hydrogens (tertiary/aromatic N) is 3. The third-order valence-electron chi connectivity index (χ3n) is 6.51. The van der Waals surface area contributed by atoms with E-state index >= 15 is 0 Å². The lowest BCUT2D eigenvalue weighted by Gasteiger charge is -2.24. The van der Waals surface area contributed by atoms with Gasteiger partial charge in [-0.2, -0.15) is 5.10 Å². The van der Waals surface area contributed by atoms with Crippen molar-refractivity contribution >= 4 is 52.3 Å². The lowest BCUT2D eigenvalue weighted by Crippen LogP contribution is -2.44. The molecule has 1 fully saturated rings. The molecule has 0 bridgehead atoms. The van der Waals surface area contributed by atoms with Gasteiger partial charge in [0.25, 0.3) is 0 Å². The van der Waals surface area contributed by atoms with Crippen molar-refractivity contribution in [2.45, 2.75) is 50.4 Å². The van der Waals surface area contributed by atoms with E-state index in [4.69, 9.17) is 21.4 Å². The Balaban J connectivity index is 1.63. The van der Waals surface area contributed by atoms with Gasteiger partial charge in [-0.05, 0) is 42.5 Å². The van der Waals surface area contributed by atoms with Crippen molar-refractivity contribution in [3.8, 4) is 5.69 Å². The van der Waals surface area contributed by atoms with Gasteiger partial charge in [0.2, 0.25) is 11.8 Å². The van der Waals surface area contributed by atoms with E-state index in [0.29, 0.717) is 17.4 Å². The number of anilines is 1. The van der Waals surface area contributed by atoms with Crippen LogP contribution >= 0.6 is 34.7 Å². The number of thiophene rings is 1. The molecule has 7 nitrogen and oxygen atoms in total. The van der Waals surface area contributed by atoms with Gasteiger partial charge in [-0.15, -0.1) is 23.1 Å². The number of amides is 2. The van der Waals surface area contributed by atoms with Gasteiger partial charge in [0, 0.05) is 34.0 Å². The Morgan fingerprint density at radius 3 is 2.78 bits per heavy atom. The number of nitrogens with one attached hydrogen (secondary N) is 1. The van der Waals surface area contributed by atoms with Crippen LogP contribution in [0.3, 0.4) is 0 Å². The highest BCUT2D eigenvalue weighted by Crippen LogP contribution is 2.49. The number of carbonyl (C=O) groups excluding carboxylic acids is 2. The van der Waals surface area contributed by atoms with Crippen molar-refractivity contribution in [1.82, 2.24) is 15.1 Å². The molecular weight excluding hydrogens is 528 g/mol. The molecule has 0 aliphatic carbocycles. The first-order chi connectivity index (χ1) is 17.7. The molecule has 2 aliphatic rings.